The summed E-state index contributed by atoms with van der Waals surface area (Å²) < 4.78 is 32.9. The Morgan fingerprint density at radius 2 is 1.87 bits per heavy atom. The van der Waals surface area contributed by atoms with E-state index in [4.69, 9.17) is 4.74 Å². The van der Waals surface area contributed by atoms with E-state index in [-0.39, 0.29) is 30.4 Å². The zero-order chi connectivity index (χ0) is 22.0. The molecule has 3 aromatic carbocycles. The Balaban J connectivity index is 1.40. The monoisotopic (exact) mass is 421 g/mol. The molecule has 1 aliphatic rings. The molecule has 0 spiro atoms. The molecule has 4 nitrogen and oxygen atoms in total. The highest BCUT2D eigenvalue weighted by atomic mass is 19.1. The molecule has 0 saturated heterocycles. The molecule has 1 aliphatic heterocycles. The van der Waals surface area contributed by atoms with Gasteiger partial charge in [0.25, 0.3) is 0 Å². The van der Waals surface area contributed by atoms with Gasteiger partial charge in [-0.3, -0.25) is 9.59 Å². The van der Waals surface area contributed by atoms with Gasteiger partial charge in [-0.1, -0.05) is 30.3 Å². The number of halogens is 2. The van der Waals surface area contributed by atoms with Crippen molar-refractivity contribution in [1.82, 2.24) is 5.32 Å². The van der Waals surface area contributed by atoms with Crippen molar-refractivity contribution in [2.75, 3.05) is 6.54 Å². The summed E-state index contributed by atoms with van der Waals surface area (Å²) in [5.41, 5.74) is 3.47. The van der Waals surface area contributed by atoms with Crippen LogP contribution >= 0.6 is 0 Å². The van der Waals surface area contributed by atoms with E-state index in [1.807, 2.05) is 36.4 Å². The van der Waals surface area contributed by atoms with Gasteiger partial charge in [0, 0.05) is 17.5 Å². The van der Waals surface area contributed by atoms with Crippen molar-refractivity contribution in [2.24, 2.45) is 0 Å². The normalized spacial score (nSPS) is 14.6. The van der Waals surface area contributed by atoms with Gasteiger partial charge in [0.1, 0.15) is 23.5 Å². The molecule has 1 unspecified atom stereocenters. The van der Waals surface area contributed by atoms with Gasteiger partial charge in [0.2, 0.25) is 5.91 Å². The van der Waals surface area contributed by atoms with Crippen molar-refractivity contribution in [3.8, 4) is 16.9 Å². The molecule has 0 bridgehead atoms. The van der Waals surface area contributed by atoms with Crippen molar-refractivity contribution in [3.63, 3.8) is 0 Å². The minimum absolute atomic E-state index is 0.00247. The van der Waals surface area contributed by atoms with Crippen LogP contribution in [0.25, 0.3) is 11.1 Å². The second-order valence-electron chi connectivity index (χ2n) is 7.58. The Morgan fingerprint density at radius 1 is 1.06 bits per heavy atom. The Labute approximate surface area is 178 Å². The second-order valence-corrected chi connectivity index (χ2v) is 7.58. The number of benzene rings is 3. The standard InChI is InChI=1S/C25H21F2NO3/c1-15(29)21-4-2-3-5-22(21)16-6-9-24-18(10-16)12-20(31-24)14-28-25(30)13-17-11-19(26)7-8-23(17)27/h2-11,20H,12-14H2,1H3,(H,28,30). The van der Waals surface area contributed by atoms with Crippen molar-refractivity contribution in [1.29, 1.82) is 0 Å². The Kier molecular flexibility index (Phi) is 5.80. The highest BCUT2D eigenvalue weighted by molar-refractivity contribution is 6.00. The highest BCUT2D eigenvalue weighted by Gasteiger charge is 2.24. The number of rotatable bonds is 6. The molecule has 0 fully saturated rings. The zero-order valence-corrected chi connectivity index (χ0v) is 17.0. The summed E-state index contributed by atoms with van der Waals surface area (Å²) in [6, 6.07) is 16.3. The number of Topliss-reactive ketones (excluding diaryl/α,β-unsaturated/α-hetero) is 1. The first-order valence-corrected chi connectivity index (χ1v) is 10.0. The smallest absolute Gasteiger partial charge is 0.224 e. The first-order chi connectivity index (χ1) is 14.9. The molecule has 0 radical (unpaired) electrons. The maximum atomic E-state index is 13.7. The summed E-state index contributed by atoms with van der Waals surface area (Å²) in [7, 11) is 0. The van der Waals surface area contributed by atoms with Crippen LogP contribution < -0.4 is 10.1 Å². The molecule has 1 N–H and O–H groups in total. The molecule has 0 aromatic heterocycles. The van der Waals surface area contributed by atoms with Crippen molar-refractivity contribution < 1.29 is 23.1 Å². The molecule has 4 rings (SSSR count). The number of hydrogen-bond acceptors (Lipinski definition) is 3. The third kappa shape index (κ3) is 4.63. The summed E-state index contributed by atoms with van der Waals surface area (Å²) in [6.07, 6.45) is 0.101. The number of carbonyl (C=O) groups excluding carboxylic acids is 2. The summed E-state index contributed by atoms with van der Waals surface area (Å²) in [5, 5.41) is 2.73. The predicted molar refractivity (Wildman–Crippen MR) is 113 cm³/mol. The van der Waals surface area contributed by atoms with Crippen LogP contribution in [0.1, 0.15) is 28.4 Å². The van der Waals surface area contributed by atoms with E-state index in [0.717, 1.165) is 40.6 Å². The summed E-state index contributed by atoms with van der Waals surface area (Å²) >= 11 is 0. The van der Waals surface area contributed by atoms with Crippen molar-refractivity contribution >= 4 is 11.7 Å². The van der Waals surface area contributed by atoms with E-state index in [0.29, 0.717) is 12.0 Å². The van der Waals surface area contributed by atoms with E-state index in [1.54, 1.807) is 13.0 Å². The predicted octanol–water partition coefficient (Wildman–Crippen LogP) is 4.50. The quantitative estimate of drug-likeness (QED) is 0.597. The van der Waals surface area contributed by atoms with Gasteiger partial charge >= 0.3 is 0 Å². The zero-order valence-electron chi connectivity index (χ0n) is 17.0. The Morgan fingerprint density at radius 3 is 2.68 bits per heavy atom. The molecule has 1 heterocycles. The molecule has 1 atom stereocenters. The fourth-order valence-corrected chi connectivity index (χ4v) is 3.79. The van der Waals surface area contributed by atoms with Gasteiger partial charge in [-0.2, -0.15) is 0 Å². The summed E-state index contributed by atoms with van der Waals surface area (Å²) in [5.74, 6) is -0.859. The molecule has 31 heavy (non-hydrogen) atoms. The number of ether oxygens (including phenoxy) is 1. The van der Waals surface area contributed by atoms with Gasteiger partial charge in [0.15, 0.2) is 5.78 Å². The number of amides is 1. The van der Waals surface area contributed by atoms with Crippen LogP contribution in [0.15, 0.2) is 60.7 Å². The molecule has 6 heteroatoms. The first kappa shape index (κ1) is 20.7. The van der Waals surface area contributed by atoms with Gasteiger partial charge < -0.3 is 10.1 Å². The molecule has 0 aliphatic carbocycles. The average molecular weight is 421 g/mol. The third-order valence-corrected chi connectivity index (χ3v) is 5.30. The maximum absolute atomic E-state index is 13.7. The minimum Gasteiger partial charge on any atom is -0.488 e. The van der Waals surface area contributed by atoms with Crippen LogP contribution in [0.5, 0.6) is 5.75 Å². The Bertz CT molecular complexity index is 1160. The van der Waals surface area contributed by atoms with Crippen LogP contribution in [-0.2, 0) is 17.6 Å². The SMILES string of the molecule is CC(=O)c1ccccc1-c1ccc2c(c1)CC(CNC(=O)Cc1cc(F)ccc1F)O2. The number of fused-ring (bicyclic) bond motifs is 1. The lowest BCUT2D eigenvalue weighted by molar-refractivity contribution is -0.120. The van der Waals surface area contributed by atoms with E-state index in [2.05, 4.69) is 5.32 Å². The van der Waals surface area contributed by atoms with Gasteiger partial charge in [-0.05, 0) is 53.9 Å². The van der Waals surface area contributed by atoms with E-state index in [1.165, 1.54) is 0 Å². The fraction of sp³-hybridized carbons (Fsp3) is 0.200. The fourth-order valence-electron chi connectivity index (χ4n) is 3.79. The molecular formula is C25H21F2NO3. The molecule has 1 amide bonds. The van der Waals surface area contributed by atoms with E-state index in [9.17, 15) is 18.4 Å². The van der Waals surface area contributed by atoms with Crippen LogP contribution in [0.3, 0.4) is 0 Å². The van der Waals surface area contributed by atoms with Gasteiger partial charge in [0.05, 0.1) is 13.0 Å². The molecule has 158 valence electrons. The lowest BCUT2D eigenvalue weighted by atomic mass is 9.95. The first-order valence-electron chi connectivity index (χ1n) is 10.0. The molecule has 0 saturated carbocycles. The van der Waals surface area contributed by atoms with Crippen molar-refractivity contribution in [2.45, 2.75) is 25.9 Å². The Hall–Kier alpha value is -3.54. The van der Waals surface area contributed by atoms with Crippen LogP contribution in [0.4, 0.5) is 8.78 Å². The molecular weight excluding hydrogens is 400 g/mol. The maximum Gasteiger partial charge on any atom is 0.224 e. The molecule has 3 aromatic rings. The topological polar surface area (TPSA) is 55.4 Å². The van der Waals surface area contributed by atoms with Crippen LogP contribution in [-0.4, -0.2) is 24.3 Å². The van der Waals surface area contributed by atoms with E-state index < -0.39 is 17.5 Å². The average Bonchev–Trinajstić information content (AvgIpc) is 3.17. The highest BCUT2D eigenvalue weighted by Crippen LogP contribution is 2.34. The number of hydrogen-bond donors (Lipinski definition) is 1. The van der Waals surface area contributed by atoms with Gasteiger partial charge in [-0.15, -0.1) is 0 Å². The van der Waals surface area contributed by atoms with Crippen molar-refractivity contribution in [3.05, 3.63) is 89.0 Å². The largest absolute Gasteiger partial charge is 0.488 e. The lowest BCUT2D eigenvalue weighted by Crippen LogP contribution is -2.35. The van der Waals surface area contributed by atoms with Gasteiger partial charge in [-0.25, -0.2) is 8.78 Å². The minimum atomic E-state index is -0.612. The third-order valence-electron chi connectivity index (χ3n) is 5.30. The number of carbonyl (C=O) groups is 2. The number of nitrogens with one attached hydrogen (secondary N) is 1. The van der Waals surface area contributed by atoms with Crippen LogP contribution in [0, 0.1) is 11.6 Å². The lowest BCUT2D eigenvalue weighted by Gasteiger charge is -2.12. The summed E-state index contributed by atoms with van der Waals surface area (Å²) in [4.78, 5) is 24.1. The summed E-state index contributed by atoms with van der Waals surface area (Å²) in [6.45, 7) is 1.80. The number of ketones is 1. The second kappa shape index (κ2) is 8.68. The van der Waals surface area contributed by atoms with E-state index >= 15 is 0 Å². The van der Waals surface area contributed by atoms with Crippen LogP contribution in [0.2, 0.25) is 0 Å².